The zero-order valence-corrected chi connectivity index (χ0v) is 9.64. The Labute approximate surface area is 94.8 Å². The second-order valence-electron chi connectivity index (χ2n) is 3.59. The average molecular weight is 227 g/mol. The predicted molar refractivity (Wildman–Crippen MR) is 63.2 cm³/mol. The lowest BCUT2D eigenvalue weighted by molar-refractivity contribution is -0.115. The van der Waals surface area contributed by atoms with Crippen molar-refractivity contribution in [2.45, 2.75) is 19.9 Å². The Balaban J connectivity index is 2.44. The highest BCUT2D eigenvalue weighted by Crippen LogP contribution is 2.14. The summed E-state index contributed by atoms with van der Waals surface area (Å²) in [6, 6.07) is 7.39. The number of amides is 1. The summed E-state index contributed by atoms with van der Waals surface area (Å²) in [5.41, 5.74) is 0.720. The van der Waals surface area contributed by atoms with Gasteiger partial charge in [-0.3, -0.25) is 4.79 Å². The van der Waals surface area contributed by atoms with Crippen LogP contribution in [0.5, 0.6) is 0 Å². The summed E-state index contributed by atoms with van der Waals surface area (Å²) in [5.74, 6) is -0.0639. The summed E-state index contributed by atoms with van der Waals surface area (Å²) in [6.45, 7) is 4.30. The van der Waals surface area contributed by atoms with Crippen molar-refractivity contribution < 1.29 is 4.79 Å². The highest BCUT2D eigenvalue weighted by atomic mass is 35.5. The first-order valence-corrected chi connectivity index (χ1v) is 5.24. The van der Waals surface area contributed by atoms with Crippen LogP contribution >= 0.6 is 11.6 Å². The molecule has 0 spiro atoms. The van der Waals surface area contributed by atoms with Crippen molar-refractivity contribution in [3.05, 3.63) is 29.3 Å². The topological polar surface area (TPSA) is 41.1 Å². The van der Waals surface area contributed by atoms with E-state index >= 15 is 0 Å². The number of anilines is 1. The molecule has 2 N–H and O–H groups in total. The van der Waals surface area contributed by atoms with Crippen LogP contribution in [0.15, 0.2) is 24.3 Å². The first-order chi connectivity index (χ1) is 7.08. The van der Waals surface area contributed by atoms with Crippen molar-refractivity contribution in [2.24, 2.45) is 0 Å². The Bertz CT molecular complexity index is 339. The van der Waals surface area contributed by atoms with E-state index in [9.17, 15) is 4.79 Å². The van der Waals surface area contributed by atoms with E-state index in [1.54, 1.807) is 24.3 Å². The number of halogens is 1. The van der Waals surface area contributed by atoms with Gasteiger partial charge in [0.1, 0.15) is 0 Å². The Morgan fingerprint density at radius 3 is 2.80 bits per heavy atom. The molecule has 3 nitrogen and oxygen atoms in total. The molecule has 0 unspecified atom stereocenters. The Morgan fingerprint density at radius 1 is 1.47 bits per heavy atom. The maximum atomic E-state index is 11.4. The SMILES string of the molecule is CC(C)NCC(=O)Nc1cccc(Cl)c1. The van der Waals surface area contributed by atoms with Gasteiger partial charge < -0.3 is 10.6 Å². The van der Waals surface area contributed by atoms with Crippen LogP contribution in [0.25, 0.3) is 0 Å². The molecular weight excluding hydrogens is 212 g/mol. The molecule has 1 amide bonds. The zero-order valence-electron chi connectivity index (χ0n) is 8.88. The van der Waals surface area contributed by atoms with Crippen LogP contribution in [-0.4, -0.2) is 18.5 Å². The van der Waals surface area contributed by atoms with E-state index < -0.39 is 0 Å². The number of rotatable bonds is 4. The van der Waals surface area contributed by atoms with Gasteiger partial charge in [0.15, 0.2) is 0 Å². The molecule has 0 aliphatic rings. The smallest absolute Gasteiger partial charge is 0.238 e. The van der Waals surface area contributed by atoms with Crippen LogP contribution in [-0.2, 0) is 4.79 Å². The molecule has 4 heteroatoms. The summed E-state index contributed by atoms with van der Waals surface area (Å²) in [7, 11) is 0. The predicted octanol–water partition coefficient (Wildman–Crippen LogP) is 2.28. The van der Waals surface area contributed by atoms with Crippen molar-refractivity contribution in [3.8, 4) is 0 Å². The van der Waals surface area contributed by atoms with Gasteiger partial charge in [0.25, 0.3) is 0 Å². The zero-order chi connectivity index (χ0) is 11.3. The van der Waals surface area contributed by atoms with Gasteiger partial charge in [-0.15, -0.1) is 0 Å². The third-order valence-corrected chi connectivity index (χ3v) is 2.01. The number of carbonyl (C=O) groups excluding carboxylic acids is 1. The number of hydrogen-bond donors (Lipinski definition) is 2. The quantitative estimate of drug-likeness (QED) is 0.827. The molecule has 0 atom stereocenters. The normalized spacial score (nSPS) is 10.4. The van der Waals surface area contributed by atoms with Crippen LogP contribution in [0.2, 0.25) is 5.02 Å². The molecule has 0 aromatic heterocycles. The first-order valence-electron chi connectivity index (χ1n) is 4.86. The summed E-state index contributed by atoms with van der Waals surface area (Å²) >= 11 is 5.79. The van der Waals surface area contributed by atoms with Crippen LogP contribution in [0, 0.1) is 0 Å². The van der Waals surface area contributed by atoms with Gasteiger partial charge in [0, 0.05) is 16.8 Å². The van der Waals surface area contributed by atoms with E-state index in [1.165, 1.54) is 0 Å². The molecule has 1 rings (SSSR count). The number of hydrogen-bond acceptors (Lipinski definition) is 2. The van der Waals surface area contributed by atoms with Gasteiger partial charge in [-0.25, -0.2) is 0 Å². The minimum Gasteiger partial charge on any atom is -0.325 e. The third-order valence-electron chi connectivity index (χ3n) is 1.78. The van der Waals surface area contributed by atoms with Crippen LogP contribution in [0.1, 0.15) is 13.8 Å². The van der Waals surface area contributed by atoms with Crippen molar-refractivity contribution in [1.29, 1.82) is 0 Å². The molecule has 1 aromatic carbocycles. The van der Waals surface area contributed by atoms with E-state index in [-0.39, 0.29) is 5.91 Å². The maximum Gasteiger partial charge on any atom is 0.238 e. The summed E-state index contributed by atoms with van der Waals surface area (Å²) in [6.07, 6.45) is 0. The first kappa shape index (κ1) is 12.0. The van der Waals surface area contributed by atoms with E-state index in [2.05, 4.69) is 10.6 Å². The molecule has 15 heavy (non-hydrogen) atoms. The van der Waals surface area contributed by atoms with Crippen molar-refractivity contribution >= 4 is 23.2 Å². The Morgan fingerprint density at radius 2 is 2.20 bits per heavy atom. The molecule has 0 aliphatic carbocycles. The summed E-state index contributed by atoms with van der Waals surface area (Å²) in [5, 5.41) is 6.40. The third kappa shape index (κ3) is 4.81. The standard InChI is InChI=1S/C11H15ClN2O/c1-8(2)13-7-11(15)14-10-5-3-4-9(12)6-10/h3-6,8,13H,7H2,1-2H3,(H,14,15). The van der Waals surface area contributed by atoms with Crippen molar-refractivity contribution in [2.75, 3.05) is 11.9 Å². The molecule has 1 aromatic rings. The second kappa shape index (κ2) is 5.73. The fourth-order valence-electron chi connectivity index (χ4n) is 1.07. The fraction of sp³-hybridized carbons (Fsp3) is 0.364. The Hall–Kier alpha value is -1.06. The van der Waals surface area contributed by atoms with Gasteiger partial charge in [-0.05, 0) is 18.2 Å². The molecule has 82 valence electrons. The lowest BCUT2D eigenvalue weighted by atomic mass is 10.3. The van der Waals surface area contributed by atoms with E-state index in [0.29, 0.717) is 17.6 Å². The van der Waals surface area contributed by atoms with E-state index in [4.69, 9.17) is 11.6 Å². The highest BCUT2D eigenvalue weighted by Gasteiger charge is 2.02. The van der Waals surface area contributed by atoms with Gasteiger partial charge in [0.05, 0.1) is 6.54 Å². The number of benzene rings is 1. The largest absolute Gasteiger partial charge is 0.325 e. The minimum atomic E-state index is -0.0639. The molecule has 0 fully saturated rings. The van der Waals surface area contributed by atoms with Gasteiger partial charge in [-0.1, -0.05) is 31.5 Å². The van der Waals surface area contributed by atoms with Gasteiger partial charge in [-0.2, -0.15) is 0 Å². The van der Waals surface area contributed by atoms with Crippen LogP contribution in [0.3, 0.4) is 0 Å². The van der Waals surface area contributed by atoms with Crippen LogP contribution in [0.4, 0.5) is 5.69 Å². The Kier molecular flexibility index (Phi) is 4.59. The molecule has 0 aliphatic heterocycles. The van der Waals surface area contributed by atoms with Gasteiger partial charge in [0.2, 0.25) is 5.91 Å². The molecule has 0 heterocycles. The molecule has 0 bridgehead atoms. The minimum absolute atomic E-state index is 0.0639. The highest BCUT2D eigenvalue weighted by molar-refractivity contribution is 6.30. The van der Waals surface area contributed by atoms with Gasteiger partial charge >= 0.3 is 0 Å². The molecule has 0 saturated carbocycles. The van der Waals surface area contributed by atoms with Crippen LogP contribution < -0.4 is 10.6 Å². The van der Waals surface area contributed by atoms with Crippen molar-refractivity contribution in [1.82, 2.24) is 5.32 Å². The number of carbonyl (C=O) groups is 1. The molecule has 0 radical (unpaired) electrons. The lowest BCUT2D eigenvalue weighted by Crippen LogP contribution is -2.32. The fourth-order valence-corrected chi connectivity index (χ4v) is 1.26. The lowest BCUT2D eigenvalue weighted by Gasteiger charge is -2.08. The molecule has 0 saturated heterocycles. The molecular formula is C11H15ClN2O. The van der Waals surface area contributed by atoms with Crippen molar-refractivity contribution in [3.63, 3.8) is 0 Å². The number of nitrogens with one attached hydrogen (secondary N) is 2. The summed E-state index contributed by atoms with van der Waals surface area (Å²) in [4.78, 5) is 11.4. The summed E-state index contributed by atoms with van der Waals surface area (Å²) < 4.78 is 0. The van der Waals surface area contributed by atoms with E-state index in [1.807, 2.05) is 13.8 Å². The maximum absolute atomic E-state index is 11.4. The second-order valence-corrected chi connectivity index (χ2v) is 4.03. The average Bonchev–Trinajstić information content (AvgIpc) is 2.15. The van der Waals surface area contributed by atoms with E-state index in [0.717, 1.165) is 5.69 Å². The monoisotopic (exact) mass is 226 g/mol.